The molecule has 0 N–H and O–H groups in total. The second-order valence-corrected chi connectivity index (χ2v) is 5.01. The zero-order valence-electron chi connectivity index (χ0n) is 12.3. The highest BCUT2D eigenvalue weighted by atomic mass is 16.6. The van der Waals surface area contributed by atoms with E-state index in [1.807, 2.05) is 29.8 Å². The average molecular weight is 299 g/mol. The van der Waals surface area contributed by atoms with E-state index in [4.69, 9.17) is 9.47 Å². The molecule has 22 heavy (non-hydrogen) atoms. The third kappa shape index (κ3) is 2.50. The molecule has 0 spiro atoms. The highest BCUT2D eigenvalue weighted by Gasteiger charge is 2.22. The predicted molar refractivity (Wildman–Crippen MR) is 81.4 cm³/mol. The molecule has 6 nitrogen and oxygen atoms in total. The van der Waals surface area contributed by atoms with Gasteiger partial charge in [0.25, 0.3) is 12.4 Å². The molecule has 0 amide bonds. The number of rotatable bonds is 3. The Labute approximate surface area is 127 Å². The van der Waals surface area contributed by atoms with Crippen LogP contribution in [0.2, 0.25) is 0 Å². The first-order valence-electron chi connectivity index (χ1n) is 6.76. The molecule has 3 rings (SSSR count). The topological polar surface area (TPSA) is 64.6 Å². The first-order chi connectivity index (χ1) is 10.6. The van der Waals surface area contributed by atoms with Crippen LogP contribution in [0.3, 0.4) is 0 Å². The molecule has 1 aliphatic heterocycles. The van der Waals surface area contributed by atoms with Gasteiger partial charge < -0.3 is 9.47 Å². The Morgan fingerprint density at radius 1 is 1.27 bits per heavy atom. The Hall–Kier alpha value is -2.89. The fourth-order valence-corrected chi connectivity index (χ4v) is 2.43. The molecule has 1 aliphatic rings. The van der Waals surface area contributed by atoms with E-state index in [2.05, 4.69) is 0 Å². The van der Waals surface area contributed by atoms with E-state index in [1.54, 1.807) is 19.2 Å². The molecular formula is C16H15N2O4+. The number of benzene rings is 2. The van der Waals surface area contributed by atoms with Gasteiger partial charge in [0.15, 0.2) is 6.21 Å². The number of methoxy groups -OCH3 is 1. The number of nitro groups is 1. The van der Waals surface area contributed by atoms with Gasteiger partial charge in [-0.2, -0.15) is 4.58 Å². The normalized spacial score (nSPS) is 12.9. The van der Waals surface area contributed by atoms with Crippen LogP contribution in [-0.4, -0.2) is 29.6 Å². The lowest BCUT2D eigenvalue weighted by Gasteiger charge is -2.16. The summed E-state index contributed by atoms with van der Waals surface area (Å²) in [5, 5.41) is 10.7. The summed E-state index contributed by atoms with van der Waals surface area (Å²) in [4.78, 5) is 10.3. The average Bonchev–Trinajstić information content (AvgIpc) is 2.54. The number of non-ortho nitro benzene ring substituents is 1. The van der Waals surface area contributed by atoms with Crippen molar-refractivity contribution in [2.75, 3.05) is 13.8 Å². The maximum Gasteiger partial charge on any atom is 0.292 e. The van der Waals surface area contributed by atoms with Crippen molar-refractivity contribution in [3.8, 4) is 11.5 Å². The van der Waals surface area contributed by atoms with Gasteiger partial charge in [0.05, 0.1) is 17.6 Å². The van der Waals surface area contributed by atoms with Crippen molar-refractivity contribution >= 4 is 17.6 Å². The predicted octanol–water partition coefficient (Wildman–Crippen LogP) is 3.02. The summed E-state index contributed by atoms with van der Waals surface area (Å²) in [6.07, 6.45) is 1.95. The molecule has 2 aromatic carbocycles. The number of nitro benzene ring substituents is 1. The third-order valence-electron chi connectivity index (χ3n) is 3.55. The van der Waals surface area contributed by atoms with Crippen LogP contribution in [0.25, 0.3) is 0 Å². The first kappa shape index (κ1) is 14.1. The van der Waals surface area contributed by atoms with E-state index in [-0.39, 0.29) is 5.69 Å². The summed E-state index contributed by atoms with van der Waals surface area (Å²) in [6, 6.07) is 10.2. The monoisotopic (exact) mass is 299 g/mol. The van der Waals surface area contributed by atoms with E-state index < -0.39 is 4.92 Å². The van der Waals surface area contributed by atoms with Crippen LogP contribution in [0.1, 0.15) is 11.1 Å². The van der Waals surface area contributed by atoms with E-state index in [0.717, 1.165) is 28.3 Å². The Morgan fingerprint density at radius 3 is 2.64 bits per heavy atom. The lowest BCUT2D eigenvalue weighted by atomic mass is 10.1. The molecule has 0 saturated heterocycles. The van der Waals surface area contributed by atoms with Crippen molar-refractivity contribution in [1.29, 1.82) is 0 Å². The zero-order chi connectivity index (χ0) is 15.7. The molecule has 0 fully saturated rings. The van der Waals surface area contributed by atoms with E-state index >= 15 is 0 Å². The standard InChI is InChI=1S/C16H15N2O4/c1-11-7-15(21-2)8-12-9-17(10-22-16(11)12)13-3-5-14(6-4-13)18(19)20/h3-9H,10H2,1-2H3/q+1. The molecule has 112 valence electrons. The summed E-state index contributed by atoms with van der Waals surface area (Å²) in [5.41, 5.74) is 2.83. The van der Waals surface area contributed by atoms with E-state index in [9.17, 15) is 10.1 Å². The van der Waals surface area contributed by atoms with Crippen LogP contribution in [0, 0.1) is 17.0 Å². The highest BCUT2D eigenvalue weighted by Crippen LogP contribution is 2.31. The third-order valence-corrected chi connectivity index (χ3v) is 3.55. The van der Waals surface area contributed by atoms with E-state index in [1.165, 1.54) is 12.1 Å². The molecule has 0 atom stereocenters. The van der Waals surface area contributed by atoms with Gasteiger partial charge in [0.1, 0.15) is 11.5 Å². The largest absolute Gasteiger partial charge is 0.497 e. The SMILES string of the molecule is COc1cc(C)c2c(c1)C=[N+](c1ccc([N+](=O)[O-])cc1)CO2. The van der Waals surface area contributed by atoms with Crippen molar-refractivity contribution in [3.05, 3.63) is 57.6 Å². The summed E-state index contributed by atoms with van der Waals surface area (Å²) in [6.45, 7) is 2.33. The molecule has 0 aliphatic carbocycles. The summed E-state index contributed by atoms with van der Waals surface area (Å²) >= 11 is 0. The minimum atomic E-state index is -0.413. The van der Waals surface area contributed by atoms with E-state index in [0.29, 0.717) is 6.73 Å². The molecule has 0 aromatic heterocycles. The van der Waals surface area contributed by atoms with Crippen molar-refractivity contribution < 1.29 is 19.0 Å². The maximum absolute atomic E-state index is 10.7. The molecule has 0 unspecified atom stereocenters. The highest BCUT2D eigenvalue weighted by molar-refractivity contribution is 5.83. The molecule has 0 radical (unpaired) electrons. The van der Waals surface area contributed by atoms with Crippen LogP contribution in [0.4, 0.5) is 11.4 Å². The summed E-state index contributed by atoms with van der Waals surface area (Å²) < 4.78 is 13.0. The number of aryl methyl sites for hydroxylation is 1. The van der Waals surface area contributed by atoms with Gasteiger partial charge in [-0.1, -0.05) is 0 Å². The summed E-state index contributed by atoms with van der Waals surface area (Å²) in [7, 11) is 1.62. The molecular weight excluding hydrogens is 284 g/mol. The van der Waals surface area contributed by atoms with Gasteiger partial charge in [-0.3, -0.25) is 10.1 Å². The van der Waals surface area contributed by atoms with Crippen LogP contribution in [0.15, 0.2) is 36.4 Å². The fourth-order valence-electron chi connectivity index (χ4n) is 2.43. The lowest BCUT2D eigenvalue weighted by Crippen LogP contribution is -2.21. The van der Waals surface area contributed by atoms with Crippen molar-refractivity contribution in [2.45, 2.75) is 6.92 Å². The molecule has 6 heteroatoms. The van der Waals surface area contributed by atoms with Crippen LogP contribution < -0.4 is 9.47 Å². The number of nitrogens with zero attached hydrogens (tertiary/aromatic N) is 2. The van der Waals surface area contributed by atoms with Crippen LogP contribution in [0.5, 0.6) is 11.5 Å². The quantitative estimate of drug-likeness (QED) is 0.496. The van der Waals surface area contributed by atoms with Crippen molar-refractivity contribution in [3.63, 3.8) is 0 Å². The first-order valence-corrected chi connectivity index (χ1v) is 6.76. The maximum atomic E-state index is 10.7. The molecule has 0 saturated carbocycles. The van der Waals surface area contributed by atoms with Crippen LogP contribution >= 0.6 is 0 Å². The van der Waals surface area contributed by atoms with Gasteiger partial charge >= 0.3 is 0 Å². The van der Waals surface area contributed by atoms with Gasteiger partial charge in [-0.25, -0.2) is 0 Å². The number of ether oxygens (including phenoxy) is 2. The lowest BCUT2D eigenvalue weighted by molar-refractivity contribution is -0.476. The number of hydrogen-bond donors (Lipinski definition) is 0. The van der Waals surface area contributed by atoms with Crippen molar-refractivity contribution in [2.24, 2.45) is 0 Å². The Bertz CT molecular complexity index is 766. The molecule has 0 bridgehead atoms. The van der Waals surface area contributed by atoms with Crippen LogP contribution in [-0.2, 0) is 0 Å². The summed E-state index contributed by atoms with van der Waals surface area (Å²) in [5.74, 6) is 1.60. The Morgan fingerprint density at radius 2 is 2.00 bits per heavy atom. The number of fused-ring (bicyclic) bond motifs is 1. The minimum Gasteiger partial charge on any atom is -0.497 e. The minimum absolute atomic E-state index is 0.0691. The Kier molecular flexibility index (Phi) is 3.50. The molecule has 2 aromatic rings. The second kappa shape index (κ2) is 5.48. The smallest absolute Gasteiger partial charge is 0.292 e. The zero-order valence-corrected chi connectivity index (χ0v) is 12.3. The van der Waals surface area contributed by atoms with Crippen molar-refractivity contribution in [1.82, 2.24) is 0 Å². The Balaban J connectivity index is 1.99. The van der Waals surface area contributed by atoms with Gasteiger partial charge in [0, 0.05) is 24.3 Å². The van der Waals surface area contributed by atoms with Gasteiger partial charge in [-0.05, 0) is 24.6 Å². The number of hydrogen-bond acceptors (Lipinski definition) is 4. The van der Waals surface area contributed by atoms with Gasteiger partial charge in [0.2, 0.25) is 5.69 Å². The second-order valence-electron chi connectivity index (χ2n) is 5.01. The van der Waals surface area contributed by atoms with Gasteiger partial charge in [-0.15, -0.1) is 0 Å². The fraction of sp³-hybridized carbons (Fsp3) is 0.188. The molecule has 1 heterocycles.